The Balaban J connectivity index is 1.81. The molecule has 0 heterocycles. The summed E-state index contributed by atoms with van der Waals surface area (Å²) in [4.78, 5) is 23.0. The Bertz CT molecular complexity index is 509. The zero-order chi connectivity index (χ0) is 15.4. The highest BCUT2D eigenvalue weighted by Crippen LogP contribution is 2.31. The van der Waals surface area contributed by atoms with Crippen LogP contribution in [0.3, 0.4) is 0 Å². The van der Waals surface area contributed by atoms with Crippen molar-refractivity contribution in [1.29, 1.82) is 0 Å². The van der Waals surface area contributed by atoms with Gasteiger partial charge in [-0.15, -0.1) is 0 Å². The minimum absolute atomic E-state index is 0.00212. The molecule has 1 aliphatic carbocycles. The van der Waals surface area contributed by atoms with Crippen LogP contribution < -0.4 is 5.32 Å². The number of amides is 1. The summed E-state index contributed by atoms with van der Waals surface area (Å²) in [5.74, 6) is -1.02. The summed E-state index contributed by atoms with van der Waals surface area (Å²) in [7, 11) is 0. The molecule has 4 nitrogen and oxygen atoms in total. The fourth-order valence-corrected chi connectivity index (χ4v) is 2.85. The topological polar surface area (TPSA) is 66.4 Å². The van der Waals surface area contributed by atoms with E-state index in [9.17, 15) is 9.59 Å². The Kier molecular flexibility index (Phi) is 4.99. The average Bonchev–Trinajstić information content (AvgIpc) is 2.95. The molecule has 3 atom stereocenters. The first-order valence-corrected chi connectivity index (χ1v) is 7.54. The molecular formula is C17H23NO3. The van der Waals surface area contributed by atoms with Crippen LogP contribution in [-0.2, 0) is 9.59 Å². The minimum atomic E-state index is -0.779. The molecule has 0 spiro atoms. The van der Waals surface area contributed by atoms with Gasteiger partial charge >= 0.3 is 5.97 Å². The summed E-state index contributed by atoms with van der Waals surface area (Å²) < 4.78 is 0. The first-order valence-electron chi connectivity index (χ1n) is 7.54. The van der Waals surface area contributed by atoms with Crippen molar-refractivity contribution in [3.05, 3.63) is 35.4 Å². The molecule has 2 rings (SSSR count). The van der Waals surface area contributed by atoms with Crippen LogP contribution in [0.15, 0.2) is 24.3 Å². The Morgan fingerprint density at radius 3 is 2.43 bits per heavy atom. The zero-order valence-electron chi connectivity index (χ0n) is 12.6. The monoisotopic (exact) mass is 289 g/mol. The Morgan fingerprint density at radius 2 is 1.86 bits per heavy atom. The van der Waals surface area contributed by atoms with Crippen LogP contribution in [0.25, 0.3) is 0 Å². The highest BCUT2D eigenvalue weighted by molar-refractivity contribution is 5.80. The molecule has 21 heavy (non-hydrogen) atoms. The number of hydrogen-bond acceptors (Lipinski definition) is 2. The maximum Gasteiger partial charge on any atom is 0.306 e. The lowest BCUT2D eigenvalue weighted by Gasteiger charge is -2.16. The Hall–Kier alpha value is -1.84. The molecule has 0 aliphatic heterocycles. The highest BCUT2D eigenvalue weighted by atomic mass is 16.4. The van der Waals surface area contributed by atoms with Gasteiger partial charge in [0, 0.05) is 12.5 Å². The number of carbonyl (C=O) groups is 2. The van der Waals surface area contributed by atoms with Crippen LogP contribution in [0, 0.1) is 18.8 Å². The number of aryl methyl sites for hydroxylation is 1. The second-order valence-electron chi connectivity index (χ2n) is 6.10. The van der Waals surface area contributed by atoms with Crippen LogP contribution in [-0.4, -0.2) is 23.5 Å². The average molecular weight is 289 g/mol. The van der Waals surface area contributed by atoms with Gasteiger partial charge in [-0.2, -0.15) is 0 Å². The molecular weight excluding hydrogens is 266 g/mol. The highest BCUT2D eigenvalue weighted by Gasteiger charge is 2.33. The zero-order valence-corrected chi connectivity index (χ0v) is 12.6. The standard InChI is InChI=1S/C17H23NO3/c1-11-3-5-13(6-4-11)12(2)10-18-16(19)14-7-8-15(9-14)17(20)21/h3-6,12,14-15H,7-10H2,1-2H3,(H,18,19)(H,20,21)/t12?,14-,15+/m1/s1. The molecule has 1 aromatic rings. The molecule has 114 valence electrons. The van der Waals surface area contributed by atoms with E-state index < -0.39 is 5.97 Å². The molecule has 0 bridgehead atoms. The third kappa shape index (κ3) is 4.06. The van der Waals surface area contributed by atoms with Gasteiger partial charge in [-0.3, -0.25) is 9.59 Å². The van der Waals surface area contributed by atoms with E-state index in [-0.39, 0.29) is 23.7 Å². The summed E-state index contributed by atoms with van der Waals surface area (Å²) in [6.07, 6.45) is 1.77. The number of benzene rings is 1. The van der Waals surface area contributed by atoms with Gasteiger partial charge < -0.3 is 10.4 Å². The second-order valence-corrected chi connectivity index (χ2v) is 6.10. The fraction of sp³-hybridized carbons (Fsp3) is 0.529. The van der Waals surface area contributed by atoms with Crippen molar-refractivity contribution in [3.63, 3.8) is 0 Å². The van der Waals surface area contributed by atoms with Crippen LogP contribution >= 0.6 is 0 Å². The van der Waals surface area contributed by atoms with Gasteiger partial charge in [-0.05, 0) is 37.7 Å². The van der Waals surface area contributed by atoms with E-state index in [0.29, 0.717) is 25.8 Å². The Morgan fingerprint density at radius 1 is 1.24 bits per heavy atom. The van der Waals surface area contributed by atoms with Gasteiger partial charge in [0.1, 0.15) is 0 Å². The van der Waals surface area contributed by atoms with Crippen molar-refractivity contribution < 1.29 is 14.7 Å². The van der Waals surface area contributed by atoms with Gasteiger partial charge in [0.05, 0.1) is 5.92 Å². The molecule has 2 N–H and O–H groups in total. The van der Waals surface area contributed by atoms with Crippen LogP contribution in [0.1, 0.15) is 43.2 Å². The van der Waals surface area contributed by atoms with E-state index >= 15 is 0 Å². The SMILES string of the molecule is Cc1ccc(C(C)CNC(=O)[C@@H]2CC[C@H](C(=O)O)C2)cc1. The summed E-state index contributed by atoms with van der Waals surface area (Å²) in [5.41, 5.74) is 2.43. The summed E-state index contributed by atoms with van der Waals surface area (Å²) in [5, 5.41) is 11.9. The van der Waals surface area contributed by atoms with Gasteiger partial charge in [-0.25, -0.2) is 0 Å². The molecule has 0 saturated heterocycles. The van der Waals surface area contributed by atoms with Crippen LogP contribution in [0.2, 0.25) is 0 Å². The first kappa shape index (κ1) is 15.5. The van der Waals surface area contributed by atoms with Crippen molar-refractivity contribution in [2.75, 3.05) is 6.54 Å². The number of carboxylic acids is 1. The van der Waals surface area contributed by atoms with Gasteiger partial charge in [0.2, 0.25) is 5.91 Å². The molecule has 1 fully saturated rings. The van der Waals surface area contributed by atoms with E-state index in [1.54, 1.807) is 0 Å². The van der Waals surface area contributed by atoms with Crippen molar-refractivity contribution >= 4 is 11.9 Å². The number of aliphatic carboxylic acids is 1. The number of nitrogens with one attached hydrogen (secondary N) is 1. The molecule has 0 aromatic heterocycles. The lowest BCUT2D eigenvalue weighted by Crippen LogP contribution is -2.32. The predicted octanol–water partition coefficient (Wildman–Crippen LogP) is 2.72. The van der Waals surface area contributed by atoms with Crippen LogP contribution in [0.5, 0.6) is 0 Å². The van der Waals surface area contributed by atoms with Gasteiger partial charge in [0.15, 0.2) is 0 Å². The largest absolute Gasteiger partial charge is 0.481 e. The van der Waals surface area contributed by atoms with E-state index in [4.69, 9.17) is 5.11 Å². The van der Waals surface area contributed by atoms with Crippen molar-refractivity contribution in [3.8, 4) is 0 Å². The van der Waals surface area contributed by atoms with E-state index in [1.807, 2.05) is 0 Å². The minimum Gasteiger partial charge on any atom is -0.481 e. The first-order chi connectivity index (χ1) is 9.97. The molecule has 0 radical (unpaired) electrons. The van der Waals surface area contributed by atoms with E-state index in [0.717, 1.165) is 0 Å². The number of carbonyl (C=O) groups excluding carboxylic acids is 1. The number of carboxylic acid groups (broad SMARTS) is 1. The molecule has 1 aromatic carbocycles. The summed E-state index contributed by atoms with van der Waals surface area (Å²) in [6, 6.07) is 8.31. The number of hydrogen-bond donors (Lipinski definition) is 2. The maximum atomic E-state index is 12.1. The van der Waals surface area contributed by atoms with E-state index in [1.165, 1.54) is 11.1 Å². The fourth-order valence-electron chi connectivity index (χ4n) is 2.85. The van der Waals surface area contributed by atoms with Gasteiger partial charge in [-0.1, -0.05) is 36.8 Å². The molecule has 1 aliphatic rings. The third-order valence-electron chi connectivity index (χ3n) is 4.38. The Labute approximate surface area is 125 Å². The van der Waals surface area contributed by atoms with Crippen molar-refractivity contribution in [2.24, 2.45) is 11.8 Å². The smallest absolute Gasteiger partial charge is 0.306 e. The summed E-state index contributed by atoms with van der Waals surface area (Å²) >= 11 is 0. The van der Waals surface area contributed by atoms with Crippen molar-refractivity contribution in [2.45, 2.75) is 39.0 Å². The normalized spacial score (nSPS) is 22.8. The second kappa shape index (κ2) is 6.74. The van der Waals surface area contributed by atoms with E-state index in [2.05, 4.69) is 43.4 Å². The lowest BCUT2D eigenvalue weighted by atomic mass is 9.99. The third-order valence-corrected chi connectivity index (χ3v) is 4.38. The molecule has 4 heteroatoms. The lowest BCUT2D eigenvalue weighted by molar-refractivity contribution is -0.141. The summed E-state index contributed by atoms with van der Waals surface area (Å²) in [6.45, 7) is 4.73. The molecule has 1 saturated carbocycles. The quantitative estimate of drug-likeness (QED) is 0.876. The van der Waals surface area contributed by atoms with Crippen molar-refractivity contribution in [1.82, 2.24) is 5.32 Å². The molecule has 1 amide bonds. The van der Waals surface area contributed by atoms with Gasteiger partial charge in [0.25, 0.3) is 0 Å². The number of rotatable bonds is 5. The van der Waals surface area contributed by atoms with Crippen LogP contribution in [0.4, 0.5) is 0 Å². The maximum absolute atomic E-state index is 12.1. The predicted molar refractivity (Wildman–Crippen MR) is 81.1 cm³/mol. The molecule has 1 unspecified atom stereocenters.